The number of nitrogens with one attached hydrogen (secondary N) is 1. The number of hydrogen-bond donors (Lipinski definition) is 1. The second-order valence-corrected chi connectivity index (χ2v) is 6.01. The van der Waals surface area contributed by atoms with Gasteiger partial charge in [0.15, 0.2) is 0 Å². The zero-order valence-corrected chi connectivity index (χ0v) is 12.2. The van der Waals surface area contributed by atoms with Gasteiger partial charge in [0.05, 0.1) is 11.4 Å². The molecule has 2 heterocycles. The average molecular weight is 247 g/mol. The Morgan fingerprint density at radius 1 is 1.39 bits per heavy atom. The summed E-state index contributed by atoms with van der Waals surface area (Å²) in [5.74, 6) is 0. The Morgan fingerprint density at radius 3 is 2.72 bits per heavy atom. The van der Waals surface area contributed by atoms with Gasteiger partial charge < -0.3 is 10.2 Å². The molecule has 0 amide bonds. The molecule has 1 unspecified atom stereocenters. The van der Waals surface area contributed by atoms with Crippen molar-refractivity contribution in [3.05, 3.63) is 23.5 Å². The van der Waals surface area contributed by atoms with Crippen LogP contribution in [0.5, 0.6) is 0 Å². The first-order valence-corrected chi connectivity index (χ1v) is 6.89. The molecular formula is C15H25N3. The summed E-state index contributed by atoms with van der Waals surface area (Å²) in [4.78, 5) is 7.13. The lowest BCUT2D eigenvalue weighted by molar-refractivity contribution is 0.306. The van der Waals surface area contributed by atoms with Gasteiger partial charge in [-0.2, -0.15) is 0 Å². The monoisotopic (exact) mass is 247 g/mol. The van der Waals surface area contributed by atoms with Crippen LogP contribution in [0.4, 0.5) is 5.69 Å². The SMILES string of the molecule is CCC1CNC(C)(C)CN1c1ccc(C)nc1C. The van der Waals surface area contributed by atoms with Gasteiger partial charge in [0.1, 0.15) is 0 Å². The molecule has 0 radical (unpaired) electrons. The van der Waals surface area contributed by atoms with Gasteiger partial charge in [-0.25, -0.2) is 0 Å². The third-order valence-electron chi connectivity index (χ3n) is 3.80. The maximum absolute atomic E-state index is 4.60. The lowest BCUT2D eigenvalue weighted by Gasteiger charge is -2.46. The minimum atomic E-state index is 0.170. The van der Waals surface area contributed by atoms with E-state index in [0.29, 0.717) is 6.04 Å². The zero-order valence-electron chi connectivity index (χ0n) is 12.2. The fraction of sp³-hybridized carbons (Fsp3) is 0.667. The molecule has 0 bridgehead atoms. The molecule has 3 heteroatoms. The number of pyridine rings is 1. The number of hydrogen-bond acceptors (Lipinski definition) is 3. The van der Waals surface area contributed by atoms with Crippen LogP contribution in [0.2, 0.25) is 0 Å². The summed E-state index contributed by atoms with van der Waals surface area (Å²) < 4.78 is 0. The Bertz CT molecular complexity index is 426. The molecule has 0 saturated carbocycles. The molecule has 0 aliphatic carbocycles. The van der Waals surface area contributed by atoms with Crippen molar-refractivity contribution >= 4 is 5.69 Å². The van der Waals surface area contributed by atoms with Crippen LogP contribution in [0.25, 0.3) is 0 Å². The summed E-state index contributed by atoms with van der Waals surface area (Å²) in [6.45, 7) is 13.0. The predicted octanol–water partition coefficient (Wildman–Crippen LogP) is 2.67. The molecule has 3 nitrogen and oxygen atoms in total. The zero-order chi connectivity index (χ0) is 13.3. The third kappa shape index (κ3) is 2.66. The Kier molecular flexibility index (Phi) is 3.62. The fourth-order valence-corrected chi connectivity index (χ4v) is 2.74. The molecule has 18 heavy (non-hydrogen) atoms. The Labute approximate surface area is 111 Å². The molecule has 1 aromatic heterocycles. The van der Waals surface area contributed by atoms with E-state index in [-0.39, 0.29) is 5.54 Å². The lowest BCUT2D eigenvalue weighted by atomic mass is 9.96. The quantitative estimate of drug-likeness (QED) is 0.871. The molecule has 1 atom stereocenters. The third-order valence-corrected chi connectivity index (χ3v) is 3.80. The van der Waals surface area contributed by atoms with Gasteiger partial charge in [0, 0.05) is 30.4 Å². The Balaban J connectivity index is 2.32. The predicted molar refractivity (Wildman–Crippen MR) is 77.2 cm³/mol. The van der Waals surface area contributed by atoms with Crippen molar-refractivity contribution in [3.8, 4) is 0 Å². The molecule has 1 saturated heterocycles. The molecule has 0 spiro atoms. The minimum absolute atomic E-state index is 0.170. The van der Waals surface area contributed by atoms with Gasteiger partial charge in [0.2, 0.25) is 0 Å². The first-order chi connectivity index (χ1) is 8.43. The number of anilines is 1. The van der Waals surface area contributed by atoms with E-state index in [1.165, 1.54) is 5.69 Å². The van der Waals surface area contributed by atoms with Crippen LogP contribution < -0.4 is 10.2 Å². The van der Waals surface area contributed by atoms with Crippen LogP contribution in [0.1, 0.15) is 38.6 Å². The van der Waals surface area contributed by atoms with Crippen molar-refractivity contribution in [1.82, 2.24) is 10.3 Å². The normalized spacial score (nSPS) is 23.2. The van der Waals surface area contributed by atoms with E-state index < -0.39 is 0 Å². The van der Waals surface area contributed by atoms with Crippen molar-refractivity contribution in [2.75, 3.05) is 18.0 Å². The summed E-state index contributed by atoms with van der Waals surface area (Å²) >= 11 is 0. The molecule has 1 aliphatic rings. The van der Waals surface area contributed by atoms with Crippen molar-refractivity contribution in [1.29, 1.82) is 0 Å². The minimum Gasteiger partial charge on any atom is -0.364 e. The molecule has 1 N–H and O–H groups in total. The molecule has 0 aromatic carbocycles. The number of aromatic nitrogens is 1. The summed E-state index contributed by atoms with van der Waals surface area (Å²) in [5.41, 5.74) is 3.70. The van der Waals surface area contributed by atoms with E-state index in [1.54, 1.807) is 0 Å². The fourth-order valence-electron chi connectivity index (χ4n) is 2.74. The van der Waals surface area contributed by atoms with Gasteiger partial charge in [-0.1, -0.05) is 6.92 Å². The van der Waals surface area contributed by atoms with Crippen LogP contribution in [0.3, 0.4) is 0 Å². The molecular weight excluding hydrogens is 222 g/mol. The van der Waals surface area contributed by atoms with Crippen molar-refractivity contribution in [2.45, 2.75) is 52.6 Å². The number of piperazine rings is 1. The van der Waals surface area contributed by atoms with E-state index in [1.807, 2.05) is 0 Å². The standard InChI is InChI=1S/C15H25N3/c1-6-13-9-16-15(4,5)10-18(13)14-8-7-11(2)17-12(14)3/h7-8,13,16H,6,9-10H2,1-5H3. The van der Waals surface area contributed by atoms with Gasteiger partial charge in [-0.15, -0.1) is 0 Å². The number of rotatable bonds is 2. The van der Waals surface area contributed by atoms with E-state index in [0.717, 1.165) is 30.9 Å². The first kappa shape index (κ1) is 13.3. The average Bonchev–Trinajstić information content (AvgIpc) is 2.28. The van der Waals surface area contributed by atoms with Crippen molar-refractivity contribution in [3.63, 3.8) is 0 Å². The van der Waals surface area contributed by atoms with E-state index in [9.17, 15) is 0 Å². The van der Waals surface area contributed by atoms with E-state index in [2.05, 4.69) is 62.0 Å². The van der Waals surface area contributed by atoms with Gasteiger partial charge in [-0.05, 0) is 46.2 Å². The number of nitrogens with zero attached hydrogens (tertiary/aromatic N) is 2. The molecule has 1 fully saturated rings. The highest BCUT2D eigenvalue weighted by molar-refractivity contribution is 5.52. The summed E-state index contributed by atoms with van der Waals surface area (Å²) in [6, 6.07) is 4.91. The molecule has 1 aliphatic heterocycles. The molecule has 1 aromatic rings. The summed E-state index contributed by atoms with van der Waals surface area (Å²) in [7, 11) is 0. The van der Waals surface area contributed by atoms with Crippen LogP contribution in [0, 0.1) is 13.8 Å². The second-order valence-electron chi connectivity index (χ2n) is 6.01. The summed E-state index contributed by atoms with van der Waals surface area (Å²) in [6.07, 6.45) is 1.16. The highest BCUT2D eigenvalue weighted by Gasteiger charge is 2.32. The van der Waals surface area contributed by atoms with Gasteiger partial charge >= 0.3 is 0 Å². The highest BCUT2D eigenvalue weighted by Crippen LogP contribution is 2.27. The highest BCUT2D eigenvalue weighted by atomic mass is 15.3. The van der Waals surface area contributed by atoms with Crippen LogP contribution >= 0.6 is 0 Å². The van der Waals surface area contributed by atoms with Crippen molar-refractivity contribution in [2.24, 2.45) is 0 Å². The topological polar surface area (TPSA) is 28.2 Å². The van der Waals surface area contributed by atoms with E-state index in [4.69, 9.17) is 0 Å². The molecule has 2 rings (SSSR count). The van der Waals surface area contributed by atoms with E-state index >= 15 is 0 Å². The largest absolute Gasteiger partial charge is 0.364 e. The smallest absolute Gasteiger partial charge is 0.0609 e. The van der Waals surface area contributed by atoms with Crippen LogP contribution in [-0.2, 0) is 0 Å². The van der Waals surface area contributed by atoms with Crippen molar-refractivity contribution < 1.29 is 0 Å². The first-order valence-electron chi connectivity index (χ1n) is 6.89. The maximum Gasteiger partial charge on any atom is 0.0609 e. The Hall–Kier alpha value is -1.09. The maximum atomic E-state index is 4.60. The summed E-state index contributed by atoms with van der Waals surface area (Å²) in [5, 5.41) is 3.63. The second kappa shape index (κ2) is 4.88. The van der Waals surface area contributed by atoms with Crippen LogP contribution in [-0.4, -0.2) is 29.7 Å². The van der Waals surface area contributed by atoms with Crippen LogP contribution in [0.15, 0.2) is 12.1 Å². The number of aryl methyl sites for hydroxylation is 2. The van der Waals surface area contributed by atoms with Gasteiger partial charge in [0.25, 0.3) is 0 Å². The Morgan fingerprint density at radius 2 is 2.11 bits per heavy atom. The van der Waals surface area contributed by atoms with Gasteiger partial charge in [-0.3, -0.25) is 4.98 Å². The lowest BCUT2D eigenvalue weighted by Crippen LogP contribution is -2.61. The molecule has 100 valence electrons.